The van der Waals surface area contributed by atoms with Crippen LogP contribution >= 0.6 is 0 Å². The van der Waals surface area contributed by atoms with Crippen LogP contribution in [0.1, 0.15) is 75.4 Å². The van der Waals surface area contributed by atoms with Crippen molar-refractivity contribution in [3.05, 3.63) is 34.9 Å². The smallest absolute Gasteiger partial charge is 0.306 e. The van der Waals surface area contributed by atoms with E-state index in [0.29, 0.717) is 5.56 Å². The molecule has 120 valence electrons. The summed E-state index contributed by atoms with van der Waals surface area (Å²) in [6.45, 7) is 10.5. The number of rotatable bonds is 4. The molecule has 1 atom stereocenters. The monoisotopic (exact) mass is 302 g/mol. The lowest BCUT2D eigenvalue weighted by Gasteiger charge is -2.42. The summed E-state index contributed by atoms with van der Waals surface area (Å²) in [5, 5.41) is 8.97. The van der Waals surface area contributed by atoms with Gasteiger partial charge < -0.3 is 5.11 Å². The Morgan fingerprint density at radius 1 is 1.09 bits per heavy atom. The first-order chi connectivity index (χ1) is 10.0. The molecule has 0 saturated heterocycles. The molecule has 0 radical (unpaired) electrons. The Morgan fingerprint density at radius 3 is 2.18 bits per heavy atom. The maximum absolute atomic E-state index is 12.4. The van der Waals surface area contributed by atoms with E-state index < -0.39 is 11.9 Å². The summed E-state index contributed by atoms with van der Waals surface area (Å²) in [6, 6.07) is 5.92. The molecule has 1 aromatic rings. The van der Waals surface area contributed by atoms with Gasteiger partial charge in [-0.15, -0.1) is 0 Å². The molecule has 0 heterocycles. The fraction of sp³-hybridized carbons (Fsp3) is 0.579. The van der Waals surface area contributed by atoms with E-state index in [1.54, 1.807) is 6.92 Å². The molecule has 1 aliphatic carbocycles. The number of hydrogen-bond donors (Lipinski definition) is 1. The molecule has 2 rings (SSSR count). The fourth-order valence-electron chi connectivity index (χ4n) is 3.25. The molecule has 0 bridgehead atoms. The highest BCUT2D eigenvalue weighted by Gasteiger charge is 2.37. The van der Waals surface area contributed by atoms with Gasteiger partial charge in [0, 0.05) is 12.0 Å². The van der Waals surface area contributed by atoms with Crippen molar-refractivity contribution >= 4 is 11.8 Å². The molecule has 0 aromatic heterocycles. The summed E-state index contributed by atoms with van der Waals surface area (Å²) >= 11 is 0. The van der Waals surface area contributed by atoms with Crippen LogP contribution in [0, 0.1) is 5.92 Å². The largest absolute Gasteiger partial charge is 0.481 e. The standard InChI is InChI=1S/C19H26O3/c1-12(17(21)22)10-16(20)13-6-7-14-15(11-13)19(4,5)9-8-18(14,2)3/h6-7,11-12H,8-10H2,1-5H3,(H,21,22). The molecule has 3 heteroatoms. The summed E-state index contributed by atoms with van der Waals surface area (Å²) in [6.07, 6.45) is 2.28. The zero-order valence-electron chi connectivity index (χ0n) is 14.2. The van der Waals surface area contributed by atoms with Crippen molar-refractivity contribution in [3.8, 4) is 0 Å². The van der Waals surface area contributed by atoms with Gasteiger partial charge in [0.05, 0.1) is 5.92 Å². The molecule has 22 heavy (non-hydrogen) atoms. The van der Waals surface area contributed by atoms with Crippen molar-refractivity contribution < 1.29 is 14.7 Å². The van der Waals surface area contributed by atoms with E-state index >= 15 is 0 Å². The second kappa shape index (κ2) is 5.53. The van der Waals surface area contributed by atoms with E-state index in [1.807, 2.05) is 12.1 Å². The number of carboxylic acids is 1. The van der Waals surface area contributed by atoms with Crippen molar-refractivity contribution in [2.24, 2.45) is 5.92 Å². The van der Waals surface area contributed by atoms with Crippen molar-refractivity contribution in [2.75, 3.05) is 0 Å². The van der Waals surface area contributed by atoms with Crippen LogP contribution in [-0.2, 0) is 15.6 Å². The number of hydrogen-bond acceptors (Lipinski definition) is 2. The zero-order valence-corrected chi connectivity index (χ0v) is 14.2. The van der Waals surface area contributed by atoms with Gasteiger partial charge in [-0.05, 0) is 40.9 Å². The highest BCUT2D eigenvalue weighted by atomic mass is 16.4. The maximum atomic E-state index is 12.4. The summed E-state index contributed by atoms with van der Waals surface area (Å²) < 4.78 is 0. The van der Waals surface area contributed by atoms with Gasteiger partial charge in [-0.2, -0.15) is 0 Å². The number of aliphatic carboxylic acids is 1. The molecule has 1 N–H and O–H groups in total. The number of carboxylic acid groups (broad SMARTS) is 1. The molecular weight excluding hydrogens is 276 g/mol. The van der Waals surface area contributed by atoms with E-state index in [-0.39, 0.29) is 23.0 Å². The van der Waals surface area contributed by atoms with E-state index in [9.17, 15) is 9.59 Å². The fourth-order valence-corrected chi connectivity index (χ4v) is 3.25. The van der Waals surface area contributed by atoms with Crippen LogP contribution in [-0.4, -0.2) is 16.9 Å². The van der Waals surface area contributed by atoms with Crippen molar-refractivity contribution in [1.82, 2.24) is 0 Å². The molecule has 1 aliphatic rings. The normalized spacial score (nSPS) is 20.0. The van der Waals surface area contributed by atoms with Crippen molar-refractivity contribution in [2.45, 2.75) is 64.7 Å². The summed E-state index contributed by atoms with van der Waals surface area (Å²) in [5.41, 5.74) is 3.36. The van der Waals surface area contributed by atoms with Gasteiger partial charge in [-0.25, -0.2) is 0 Å². The average molecular weight is 302 g/mol. The summed E-state index contributed by atoms with van der Waals surface area (Å²) in [4.78, 5) is 23.3. The lowest BCUT2D eigenvalue weighted by Crippen LogP contribution is -2.34. The van der Waals surface area contributed by atoms with Crippen LogP contribution in [0.25, 0.3) is 0 Å². The Kier molecular flexibility index (Phi) is 4.20. The minimum Gasteiger partial charge on any atom is -0.481 e. The van der Waals surface area contributed by atoms with Crippen LogP contribution in [0.3, 0.4) is 0 Å². The van der Waals surface area contributed by atoms with Crippen LogP contribution in [0.5, 0.6) is 0 Å². The molecule has 0 fully saturated rings. The second-order valence-corrected chi connectivity index (χ2v) is 7.89. The van der Waals surface area contributed by atoms with E-state index in [0.717, 1.165) is 12.8 Å². The minimum absolute atomic E-state index is 0.0535. The minimum atomic E-state index is -0.923. The van der Waals surface area contributed by atoms with Gasteiger partial charge in [0.1, 0.15) is 0 Å². The number of carbonyl (C=O) groups excluding carboxylic acids is 1. The van der Waals surface area contributed by atoms with Crippen molar-refractivity contribution in [3.63, 3.8) is 0 Å². The highest BCUT2D eigenvalue weighted by molar-refractivity contribution is 5.98. The van der Waals surface area contributed by atoms with Gasteiger partial charge in [0.2, 0.25) is 0 Å². The third-order valence-corrected chi connectivity index (χ3v) is 5.09. The van der Waals surface area contributed by atoms with Gasteiger partial charge in [-0.3, -0.25) is 9.59 Å². The van der Waals surface area contributed by atoms with Crippen LogP contribution in [0.15, 0.2) is 18.2 Å². The first-order valence-electron chi connectivity index (χ1n) is 7.95. The van der Waals surface area contributed by atoms with E-state index in [2.05, 4.69) is 33.8 Å². The molecule has 0 saturated carbocycles. The highest BCUT2D eigenvalue weighted by Crippen LogP contribution is 2.45. The maximum Gasteiger partial charge on any atom is 0.306 e. The lowest BCUT2D eigenvalue weighted by atomic mass is 9.63. The molecule has 0 amide bonds. The van der Waals surface area contributed by atoms with Gasteiger partial charge in [-0.1, -0.05) is 46.8 Å². The molecule has 0 spiro atoms. The number of ketones is 1. The lowest BCUT2D eigenvalue weighted by molar-refractivity contribution is -0.141. The first kappa shape index (κ1) is 16.7. The van der Waals surface area contributed by atoms with E-state index in [1.165, 1.54) is 11.1 Å². The SMILES string of the molecule is CC(CC(=O)c1ccc2c(c1)C(C)(C)CCC2(C)C)C(=O)O. The Hall–Kier alpha value is -1.64. The molecular formula is C19H26O3. The van der Waals surface area contributed by atoms with Gasteiger partial charge in [0.25, 0.3) is 0 Å². The van der Waals surface area contributed by atoms with Crippen LogP contribution in [0.2, 0.25) is 0 Å². The van der Waals surface area contributed by atoms with Crippen molar-refractivity contribution in [1.29, 1.82) is 0 Å². The topological polar surface area (TPSA) is 54.4 Å². The second-order valence-electron chi connectivity index (χ2n) is 7.89. The summed E-state index contributed by atoms with van der Waals surface area (Å²) in [7, 11) is 0. The Morgan fingerprint density at radius 2 is 1.64 bits per heavy atom. The van der Waals surface area contributed by atoms with Crippen LogP contribution in [0.4, 0.5) is 0 Å². The predicted molar refractivity (Wildman–Crippen MR) is 87.5 cm³/mol. The number of Topliss-reactive ketones (excluding diaryl/α,β-unsaturated/α-hetero) is 1. The number of carbonyl (C=O) groups is 2. The van der Waals surface area contributed by atoms with Gasteiger partial charge in [0.15, 0.2) is 5.78 Å². The van der Waals surface area contributed by atoms with Gasteiger partial charge >= 0.3 is 5.97 Å². The quantitative estimate of drug-likeness (QED) is 0.842. The molecule has 1 aromatic carbocycles. The molecule has 1 unspecified atom stereocenters. The third-order valence-electron chi connectivity index (χ3n) is 5.09. The third kappa shape index (κ3) is 3.08. The van der Waals surface area contributed by atoms with Crippen LogP contribution < -0.4 is 0 Å². The Balaban J connectivity index is 2.38. The summed E-state index contributed by atoms with van der Waals surface area (Å²) in [5.74, 6) is -1.65. The zero-order chi connectivity index (χ0) is 16.7. The Bertz CT molecular complexity index is 611. The Labute approximate surface area is 132 Å². The number of fused-ring (bicyclic) bond motifs is 1. The first-order valence-corrected chi connectivity index (χ1v) is 7.95. The number of benzene rings is 1. The van der Waals surface area contributed by atoms with E-state index in [4.69, 9.17) is 5.11 Å². The average Bonchev–Trinajstić information content (AvgIpc) is 2.43. The predicted octanol–water partition coefficient (Wildman–Crippen LogP) is 4.33. The molecule has 3 nitrogen and oxygen atoms in total. The molecule has 0 aliphatic heterocycles.